The number of carbonyl (C=O) groups excluding carboxylic acids is 1. The van der Waals surface area contributed by atoms with E-state index in [4.69, 9.17) is 9.47 Å². The monoisotopic (exact) mass is 327 g/mol. The second kappa shape index (κ2) is 7.67. The standard InChI is InChI=1S/C20H25NO3/c1-14(2)21-12-17(24-20(22)16-10-11-16)13-23-19-9-5-7-15-6-3-4-8-18(15)19/h3-9,14,16-17,21H,10-13H2,1-2H3. The average molecular weight is 327 g/mol. The highest BCUT2D eigenvalue weighted by Crippen LogP contribution is 2.30. The quantitative estimate of drug-likeness (QED) is 0.754. The van der Waals surface area contributed by atoms with Gasteiger partial charge in [0.05, 0.1) is 5.92 Å². The first-order valence-electron chi connectivity index (χ1n) is 8.68. The van der Waals surface area contributed by atoms with Gasteiger partial charge < -0.3 is 14.8 Å². The molecule has 1 aliphatic rings. The van der Waals surface area contributed by atoms with Gasteiger partial charge in [-0.3, -0.25) is 4.79 Å². The minimum Gasteiger partial charge on any atom is -0.489 e. The van der Waals surface area contributed by atoms with Crippen LogP contribution in [-0.2, 0) is 9.53 Å². The molecule has 1 atom stereocenters. The molecule has 4 nitrogen and oxygen atoms in total. The summed E-state index contributed by atoms with van der Waals surface area (Å²) in [5, 5.41) is 5.54. The van der Waals surface area contributed by atoms with Crippen molar-refractivity contribution < 1.29 is 14.3 Å². The summed E-state index contributed by atoms with van der Waals surface area (Å²) in [5.74, 6) is 0.835. The molecule has 1 N–H and O–H groups in total. The topological polar surface area (TPSA) is 47.6 Å². The van der Waals surface area contributed by atoms with Gasteiger partial charge in [0.1, 0.15) is 18.5 Å². The van der Waals surface area contributed by atoms with Gasteiger partial charge in [0.2, 0.25) is 0 Å². The lowest BCUT2D eigenvalue weighted by Crippen LogP contribution is -2.38. The molecule has 1 unspecified atom stereocenters. The van der Waals surface area contributed by atoms with E-state index in [0.29, 0.717) is 19.2 Å². The lowest BCUT2D eigenvalue weighted by molar-refractivity contribution is -0.152. The highest BCUT2D eigenvalue weighted by Gasteiger charge is 2.33. The Morgan fingerprint density at radius 1 is 1.17 bits per heavy atom. The first-order chi connectivity index (χ1) is 11.6. The molecule has 0 spiro atoms. The minimum atomic E-state index is -0.278. The molecule has 0 radical (unpaired) electrons. The third-order valence-electron chi connectivity index (χ3n) is 4.12. The Kier molecular flexibility index (Phi) is 5.36. The van der Waals surface area contributed by atoms with E-state index in [2.05, 4.69) is 31.3 Å². The van der Waals surface area contributed by atoms with Gasteiger partial charge in [-0.15, -0.1) is 0 Å². The Hall–Kier alpha value is -2.07. The van der Waals surface area contributed by atoms with E-state index < -0.39 is 0 Å². The second-order valence-corrected chi connectivity index (χ2v) is 6.68. The van der Waals surface area contributed by atoms with E-state index in [-0.39, 0.29) is 18.0 Å². The van der Waals surface area contributed by atoms with Gasteiger partial charge >= 0.3 is 5.97 Å². The van der Waals surface area contributed by atoms with Crippen molar-refractivity contribution in [2.45, 2.75) is 38.8 Å². The zero-order chi connectivity index (χ0) is 16.9. The molecule has 0 amide bonds. The number of fused-ring (bicyclic) bond motifs is 1. The SMILES string of the molecule is CC(C)NCC(COc1cccc2ccccc12)OC(=O)C1CC1. The van der Waals surface area contributed by atoms with Crippen molar-refractivity contribution in [1.29, 1.82) is 0 Å². The zero-order valence-electron chi connectivity index (χ0n) is 14.3. The van der Waals surface area contributed by atoms with Crippen LogP contribution in [0.5, 0.6) is 5.75 Å². The predicted molar refractivity (Wildman–Crippen MR) is 95.2 cm³/mol. The van der Waals surface area contributed by atoms with Gasteiger partial charge in [-0.2, -0.15) is 0 Å². The normalized spacial score (nSPS) is 15.5. The summed E-state index contributed by atoms with van der Waals surface area (Å²) >= 11 is 0. The highest BCUT2D eigenvalue weighted by atomic mass is 16.6. The van der Waals surface area contributed by atoms with Crippen molar-refractivity contribution in [2.75, 3.05) is 13.2 Å². The number of carbonyl (C=O) groups is 1. The van der Waals surface area contributed by atoms with Gasteiger partial charge in [-0.25, -0.2) is 0 Å². The summed E-state index contributed by atoms with van der Waals surface area (Å²) in [5.41, 5.74) is 0. The number of ether oxygens (including phenoxy) is 2. The van der Waals surface area contributed by atoms with Gasteiger partial charge in [0.25, 0.3) is 0 Å². The molecule has 128 valence electrons. The van der Waals surface area contributed by atoms with Crippen LogP contribution in [0.2, 0.25) is 0 Å². The summed E-state index contributed by atoms with van der Waals surface area (Å²) in [6, 6.07) is 14.5. The number of rotatable bonds is 8. The summed E-state index contributed by atoms with van der Waals surface area (Å²) in [7, 11) is 0. The van der Waals surface area contributed by atoms with Crippen LogP contribution in [-0.4, -0.2) is 31.3 Å². The fraction of sp³-hybridized carbons (Fsp3) is 0.450. The number of benzene rings is 2. The molecule has 0 saturated heterocycles. The minimum absolute atomic E-state index is 0.0907. The first kappa shape index (κ1) is 16.8. The lowest BCUT2D eigenvalue weighted by atomic mass is 10.1. The molecule has 2 aromatic rings. The Bertz CT molecular complexity index is 689. The molecule has 0 aromatic heterocycles. The second-order valence-electron chi connectivity index (χ2n) is 6.68. The molecule has 2 aromatic carbocycles. The van der Waals surface area contributed by atoms with Crippen molar-refractivity contribution in [2.24, 2.45) is 5.92 Å². The maximum Gasteiger partial charge on any atom is 0.309 e. The summed E-state index contributed by atoms with van der Waals surface area (Å²) in [6.07, 6.45) is 1.63. The van der Waals surface area contributed by atoms with Crippen LogP contribution in [0, 0.1) is 5.92 Å². The van der Waals surface area contributed by atoms with Crippen molar-refractivity contribution >= 4 is 16.7 Å². The van der Waals surface area contributed by atoms with Crippen molar-refractivity contribution in [3.8, 4) is 5.75 Å². The van der Waals surface area contributed by atoms with E-state index in [9.17, 15) is 4.79 Å². The van der Waals surface area contributed by atoms with Crippen LogP contribution in [0.4, 0.5) is 0 Å². The zero-order valence-corrected chi connectivity index (χ0v) is 14.3. The molecule has 1 aliphatic carbocycles. The molecule has 0 heterocycles. The molecule has 1 fully saturated rings. The van der Waals surface area contributed by atoms with Crippen LogP contribution in [0.15, 0.2) is 42.5 Å². The summed E-state index contributed by atoms with van der Waals surface area (Å²) < 4.78 is 11.6. The molecule has 0 aliphatic heterocycles. The van der Waals surface area contributed by atoms with Crippen LogP contribution in [0.25, 0.3) is 10.8 Å². The molecule has 0 bridgehead atoms. The smallest absolute Gasteiger partial charge is 0.309 e. The third-order valence-corrected chi connectivity index (χ3v) is 4.12. The van der Waals surface area contributed by atoms with E-state index in [1.165, 1.54) is 0 Å². The average Bonchev–Trinajstić information content (AvgIpc) is 3.42. The van der Waals surface area contributed by atoms with E-state index >= 15 is 0 Å². The Balaban J connectivity index is 1.65. The molecular formula is C20H25NO3. The van der Waals surface area contributed by atoms with Crippen molar-refractivity contribution in [1.82, 2.24) is 5.32 Å². The van der Waals surface area contributed by atoms with Gasteiger partial charge in [-0.05, 0) is 24.3 Å². The van der Waals surface area contributed by atoms with Crippen LogP contribution in [0.1, 0.15) is 26.7 Å². The fourth-order valence-electron chi connectivity index (χ4n) is 2.59. The maximum atomic E-state index is 12.0. The molecule has 1 saturated carbocycles. The lowest BCUT2D eigenvalue weighted by Gasteiger charge is -2.21. The molecule has 3 rings (SSSR count). The van der Waals surface area contributed by atoms with Crippen LogP contribution in [0.3, 0.4) is 0 Å². The van der Waals surface area contributed by atoms with Crippen LogP contribution >= 0.6 is 0 Å². The van der Waals surface area contributed by atoms with Gasteiger partial charge in [-0.1, -0.05) is 50.2 Å². The Morgan fingerprint density at radius 2 is 1.92 bits per heavy atom. The third kappa shape index (κ3) is 4.48. The largest absolute Gasteiger partial charge is 0.489 e. The number of hydrogen-bond donors (Lipinski definition) is 1. The number of esters is 1. The van der Waals surface area contributed by atoms with Crippen molar-refractivity contribution in [3.05, 3.63) is 42.5 Å². The Labute approximate surface area is 143 Å². The predicted octanol–water partition coefficient (Wildman–Crippen LogP) is 3.54. The first-order valence-corrected chi connectivity index (χ1v) is 8.68. The van der Waals surface area contributed by atoms with Crippen LogP contribution < -0.4 is 10.1 Å². The summed E-state index contributed by atoms with van der Waals surface area (Å²) in [4.78, 5) is 12.0. The number of nitrogens with one attached hydrogen (secondary N) is 1. The highest BCUT2D eigenvalue weighted by molar-refractivity contribution is 5.88. The fourth-order valence-corrected chi connectivity index (χ4v) is 2.59. The van der Waals surface area contributed by atoms with Crippen molar-refractivity contribution in [3.63, 3.8) is 0 Å². The maximum absolute atomic E-state index is 12.0. The molecule has 24 heavy (non-hydrogen) atoms. The van der Waals surface area contributed by atoms with Gasteiger partial charge in [0, 0.05) is 18.0 Å². The van der Waals surface area contributed by atoms with E-state index in [0.717, 1.165) is 29.4 Å². The van der Waals surface area contributed by atoms with Gasteiger partial charge in [0.15, 0.2) is 0 Å². The molecular weight excluding hydrogens is 302 g/mol. The van der Waals surface area contributed by atoms with E-state index in [1.54, 1.807) is 0 Å². The Morgan fingerprint density at radius 3 is 2.67 bits per heavy atom. The summed E-state index contributed by atoms with van der Waals surface area (Å²) in [6.45, 7) is 5.10. The molecule has 4 heteroatoms. The van der Waals surface area contributed by atoms with E-state index in [1.807, 2.05) is 30.3 Å². The number of hydrogen-bond acceptors (Lipinski definition) is 4.